The molecule has 1 saturated heterocycles. The van der Waals surface area contributed by atoms with E-state index in [2.05, 4.69) is 16.4 Å². The zero-order valence-corrected chi connectivity index (χ0v) is 16.8. The van der Waals surface area contributed by atoms with Crippen LogP contribution in [0.3, 0.4) is 0 Å². The molecule has 2 aromatic rings. The first-order chi connectivity index (χ1) is 13.5. The van der Waals surface area contributed by atoms with E-state index in [1.54, 1.807) is 6.07 Å². The normalized spacial score (nSPS) is 19.1. The third-order valence-electron chi connectivity index (χ3n) is 4.77. The van der Waals surface area contributed by atoms with Crippen molar-refractivity contribution < 1.29 is 13.9 Å². The van der Waals surface area contributed by atoms with Gasteiger partial charge in [0.25, 0.3) is 0 Å². The number of nitrogens with one attached hydrogen (secondary N) is 1. The Morgan fingerprint density at radius 1 is 1.18 bits per heavy atom. The summed E-state index contributed by atoms with van der Waals surface area (Å²) in [6.45, 7) is 4.97. The molecule has 2 atom stereocenters. The third-order valence-corrected chi connectivity index (χ3v) is 4.99. The van der Waals surface area contributed by atoms with Gasteiger partial charge in [-0.1, -0.05) is 11.6 Å². The van der Waals surface area contributed by atoms with Crippen LogP contribution in [-0.2, 0) is 11.2 Å². The average Bonchev–Trinajstić information content (AvgIpc) is 3.03. The lowest BCUT2D eigenvalue weighted by atomic mass is 9.99. The molecule has 1 aromatic heterocycles. The van der Waals surface area contributed by atoms with Gasteiger partial charge in [0.05, 0.1) is 12.7 Å². The number of anilines is 1. The largest absolute Gasteiger partial charge is 0.493 e. The van der Waals surface area contributed by atoms with Crippen LogP contribution in [0, 0.1) is 18.7 Å². The number of aryl methyl sites for hydroxylation is 1. The minimum Gasteiger partial charge on any atom is -0.493 e. The van der Waals surface area contributed by atoms with Gasteiger partial charge < -0.3 is 20.5 Å². The van der Waals surface area contributed by atoms with E-state index < -0.39 is 5.82 Å². The predicted molar refractivity (Wildman–Crippen MR) is 109 cm³/mol. The highest BCUT2D eigenvalue weighted by molar-refractivity contribution is 6.30. The van der Waals surface area contributed by atoms with Gasteiger partial charge in [0.15, 0.2) is 0 Å². The summed E-state index contributed by atoms with van der Waals surface area (Å²) in [7, 11) is 0. The first-order valence-electron chi connectivity index (χ1n) is 9.64. The second-order valence-corrected chi connectivity index (χ2v) is 7.69. The molecule has 7 heteroatoms. The van der Waals surface area contributed by atoms with E-state index in [0.29, 0.717) is 35.7 Å². The van der Waals surface area contributed by atoms with Gasteiger partial charge in [-0.05, 0) is 56.0 Å². The number of nitrogens with two attached hydrogens (primary N) is 1. The van der Waals surface area contributed by atoms with Crippen LogP contribution in [0.2, 0.25) is 5.02 Å². The molecule has 3 rings (SSSR count). The molecule has 0 unspecified atom stereocenters. The summed E-state index contributed by atoms with van der Waals surface area (Å²) in [5, 5.41) is 3.74. The lowest BCUT2D eigenvalue weighted by Gasteiger charge is -2.19. The fourth-order valence-corrected chi connectivity index (χ4v) is 3.70. The van der Waals surface area contributed by atoms with Gasteiger partial charge in [0, 0.05) is 42.4 Å². The van der Waals surface area contributed by atoms with Crippen molar-refractivity contribution in [2.24, 2.45) is 5.92 Å². The molecule has 1 aliphatic heterocycles. The van der Waals surface area contributed by atoms with Crippen LogP contribution < -0.4 is 15.8 Å². The molecule has 5 nitrogen and oxygen atoms in total. The molecule has 152 valence electrons. The number of nitrogen functional groups attached to an aromatic ring is 1. The number of nitrogens with zero attached hydrogens (tertiary/aromatic N) is 1. The molecule has 0 amide bonds. The van der Waals surface area contributed by atoms with Crippen LogP contribution in [0.1, 0.15) is 24.1 Å². The van der Waals surface area contributed by atoms with Gasteiger partial charge in [0.1, 0.15) is 17.4 Å². The first-order valence-corrected chi connectivity index (χ1v) is 10.0. The summed E-state index contributed by atoms with van der Waals surface area (Å²) >= 11 is 5.82. The van der Waals surface area contributed by atoms with Crippen LogP contribution >= 0.6 is 11.6 Å². The van der Waals surface area contributed by atoms with Crippen LogP contribution in [0.15, 0.2) is 30.3 Å². The van der Waals surface area contributed by atoms with Crippen LogP contribution in [0.4, 0.5) is 10.2 Å². The van der Waals surface area contributed by atoms with E-state index in [9.17, 15) is 4.39 Å². The minimum atomic E-state index is -0.393. The minimum absolute atomic E-state index is 0.173. The van der Waals surface area contributed by atoms with Gasteiger partial charge in [0.2, 0.25) is 0 Å². The van der Waals surface area contributed by atoms with Crippen molar-refractivity contribution in [3.8, 4) is 5.75 Å². The lowest BCUT2D eigenvalue weighted by molar-refractivity contribution is 0.0342. The second-order valence-electron chi connectivity index (χ2n) is 7.25. The summed E-state index contributed by atoms with van der Waals surface area (Å²) in [4.78, 5) is 4.44. The monoisotopic (exact) mass is 407 g/mol. The Hall–Kier alpha value is -1.89. The van der Waals surface area contributed by atoms with Crippen molar-refractivity contribution in [2.45, 2.75) is 32.3 Å². The molecule has 0 saturated carbocycles. The van der Waals surface area contributed by atoms with Gasteiger partial charge in [-0.15, -0.1) is 0 Å². The number of aromatic nitrogens is 1. The highest BCUT2D eigenvalue weighted by Gasteiger charge is 2.28. The number of hydrogen-bond donors (Lipinski definition) is 2. The van der Waals surface area contributed by atoms with Crippen molar-refractivity contribution in [1.29, 1.82) is 0 Å². The molecule has 3 N–H and O–H groups in total. The Bertz CT molecular complexity index is 750. The first kappa shape index (κ1) is 20.8. The van der Waals surface area contributed by atoms with Gasteiger partial charge in [-0.25, -0.2) is 9.37 Å². The third kappa shape index (κ3) is 6.33. The van der Waals surface area contributed by atoms with Crippen LogP contribution in [0.25, 0.3) is 0 Å². The number of pyridine rings is 1. The molecule has 28 heavy (non-hydrogen) atoms. The highest BCUT2D eigenvalue weighted by atomic mass is 35.5. The number of ether oxygens (including phenoxy) is 2. The maximum absolute atomic E-state index is 13.3. The van der Waals surface area contributed by atoms with Crippen molar-refractivity contribution >= 4 is 17.4 Å². The van der Waals surface area contributed by atoms with Crippen LogP contribution in [0.5, 0.6) is 5.75 Å². The number of rotatable bonds is 9. The molecule has 1 aromatic carbocycles. The average molecular weight is 408 g/mol. The van der Waals surface area contributed by atoms with Crippen LogP contribution in [-0.4, -0.2) is 37.4 Å². The highest BCUT2D eigenvalue weighted by Crippen LogP contribution is 2.21. The summed E-state index contributed by atoms with van der Waals surface area (Å²) < 4.78 is 24.9. The molecule has 0 radical (unpaired) electrons. The molecule has 1 fully saturated rings. The maximum atomic E-state index is 13.3. The van der Waals surface area contributed by atoms with Gasteiger partial charge in [-0.2, -0.15) is 0 Å². The number of halogens is 2. The Morgan fingerprint density at radius 2 is 2.00 bits per heavy atom. The molecule has 1 aliphatic rings. The van der Waals surface area contributed by atoms with Gasteiger partial charge in [-0.3, -0.25) is 0 Å². The molecule has 2 heterocycles. The molecule has 0 bridgehead atoms. The van der Waals surface area contributed by atoms with Crippen molar-refractivity contribution in [2.75, 3.05) is 32.0 Å². The smallest absolute Gasteiger partial charge is 0.128 e. The Labute approximate surface area is 170 Å². The quantitative estimate of drug-likeness (QED) is 0.619. The van der Waals surface area contributed by atoms with Crippen molar-refractivity contribution in [3.63, 3.8) is 0 Å². The van der Waals surface area contributed by atoms with Crippen molar-refractivity contribution in [1.82, 2.24) is 10.3 Å². The molecular weight excluding hydrogens is 381 g/mol. The number of unbranched alkanes of at least 4 members (excludes halogenated alkanes) is 1. The van der Waals surface area contributed by atoms with E-state index in [-0.39, 0.29) is 6.10 Å². The fraction of sp³-hybridized carbons (Fsp3) is 0.476. The van der Waals surface area contributed by atoms with Crippen molar-refractivity contribution in [3.05, 3.63) is 52.4 Å². The second kappa shape index (κ2) is 10.0. The Morgan fingerprint density at radius 3 is 2.79 bits per heavy atom. The van der Waals surface area contributed by atoms with E-state index in [1.807, 2.05) is 13.0 Å². The summed E-state index contributed by atoms with van der Waals surface area (Å²) in [6.07, 6.45) is 2.73. The molecule has 0 aliphatic carbocycles. The summed E-state index contributed by atoms with van der Waals surface area (Å²) in [5.74, 6) is 1.02. The van der Waals surface area contributed by atoms with E-state index in [1.165, 1.54) is 12.1 Å². The number of hydrogen-bond acceptors (Lipinski definition) is 5. The summed E-state index contributed by atoms with van der Waals surface area (Å²) in [6, 6.07) is 8.17. The van der Waals surface area contributed by atoms with Gasteiger partial charge >= 0.3 is 0 Å². The SMILES string of the molecule is Cc1cc(N)nc(C[C@@H]2CNC[C@@H]2OCCCCOc2cc(F)cc(Cl)c2)c1. The number of benzene rings is 1. The van der Waals surface area contributed by atoms with E-state index >= 15 is 0 Å². The van der Waals surface area contributed by atoms with E-state index in [4.69, 9.17) is 26.8 Å². The van der Waals surface area contributed by atoms with E-state index in [0.717, 1.165) is 43.6 Å². The maximum Gasteiger partial charge on any atom is 0.128 e. The Balaban J connectivity index is 1.37. The lowest BCUT2D eigenvalue weighted by Crippen LogP contribution is -2.25. The topological polar surface area (TPSA) is 69.4 Å². The predicted octanol–water partition coefficient (Wildman–Crippen LogP) is 3.77. The standard InChI is InChI=1S/C21H27ClFN3O2/c1-14-6-18(26-21(24)7-14)8-15-12-25-13-20(15)28-5-3-2-4-27-19-10-16(22)9-17(23)11-19/h6-7,9-11,15,20,25H,2-5,8,12-13H2,1H3,(H2,24,26)/t15-,20+/m1/s1. The summed E-state index contributed by atoms with van der Waals surface area (Å²) in [5.41, 5.74) is 8.00. The molecular formula is C21H27ClFN3O2. The fourth-order valence-electron chi connectivity index (χ4n) is 3.49. The Kier molecular flexibility index (Phi) is 7.48. The zero-order chi connectivity index (χ0) is 19.9. The molecule has 0 spiro atoms. The zero-order valence-electron chi connectivity index (χ0n) is 16.1.